The van der Waals surface area contributed by atoms with E-state index in [9.17, 15) is 14.4 Å². The van der Waals surface area contributed by atoms with Crippen LogP contribution in [0.15, 0.2) is 79.8 Å². The third kappa shape index (κ3) is 5.92. The minimum atomic E-state index is -0.770. The third-order valence-corrected chi connectivity index (χ3v) is 9.32. The number of furan rings is 1. The van der Waals surface area contributed by atoms with Crippen molar-refractivity contribution < 1.29 is 18.7 Å². The Balaban J connectivity index is 1.61. The van der Waals surface area contributed by atoms with Gasteiger partial charge in [-0.1, -0.05) is 17.4 Å². The number of rotatable bonds is 7. The first kappa shape index (κ1) is 29.3. The molecule has 1 aliphatic rings. The van der Waals surface area contributed by atoms with E-state index in [2.05, 4.69) is 46.8 Å². The summed E-state index contributed by atoms with van der Waals surface area (Å²) in [5.41, 5.74) is 1.40. The molecule has 14 heteroatoms. The Hall–Kier alpha value is -3.20. The number of allylic oxidation sites excluding steroid dienone is 1. The fourth-order valence-electron chi connectivity index (χ4n) is 4.29. The molecule has 1 aromatic carbocycles. The molecule has 4 aromatic rings. The number of halogens is 2. The lowest BCUT2D eigenvalue weighted by Gasteiger charge is -2.25. The number of hydrogen-bond acceptors (Lipinski definition) is 10. The number of hydrogen-bond donors (Lipinski definition) is 1. The highest BCUT2D eigenvalue weighted by molar-refractivity contribution is 9.10. The fraction of sp³-hybridized carbons (Fsp3) is 0.222. The van der Waals surface area contributed by atoms with Gasteiger partial charge in [-0.15, -0.1) is 0 Å². The zero-order chi connectivity index (χ0) is 29.4. The van der Waals surface area contributed by atoms with Gasteiger partial charge < -0.3 is 18.9 Å². The van der Waals surface area contributed by atoms with Crippen molar-refractivity contribution in [1.82, 2.24) is 14.5 Å². The van der Waals surface area contributed by atoms with Crippen LogP contribution in [0.25, 0.3) is 6.08 Å². The highest BCUT2D eigenvalue weighted by Crippen LogP contribution is 2.36. The number of carbonyl (C=O) groups excluding carboxylic acids is 1. The predicted octanol–water partition coefficient (Wildman–Crippen LogP) is 4.47. The van der Waals surface area contributed by atoms with Gasteiger partial charge in [-0.2, -0.15) is 0 Å². The molecule has 0 bridgehead atoms. The summed E-state index contributed by atoms with van der Waals surface area (Å²) in [6.07, 6.45) is 1.62. The van der Waals surface area contributed by atoms with Crippen molar-refractivity contribution >= 4 is 67.0 Å². The van der Waals surface area contributed by atoms with Crippen molar-refractivity contribution in [2.45, 2.75) is 37.1 Å². The van der Waals surface area contributed by atoms with Crippen molar-refractivity contribution in [3.05, 3.63) is 97.6 Å². The van der Waals surface area contributed by atoms with Gasteiger partial charge in [0, 0.05) is 17.8 Å². The SMILES string of the molecule is CCOC(=O)C1=C(C)N=c2s/c(=C/c3cc(Br)c(Sc4nc(C)cc(=O)[nH]4)o3)c(=O)n2[C@@H]1c1ccc(OC)c(Br)c1. The van der Waals surface area contributed by atoms with Gasteiger partial charge in [-0.25, -0.2) is 14.8 Å². The van der Waals surface area contributed by atoms with Gasteiger partial charge in [0.1, 0.15) is 11.5 Å². The van der Waals surface area contributed by atoms with E-state index in [0.717, 1.165) is 11.8 Å². The molecule has 1 atom stereocenters. The quantitative estimate of drug-likeness (QED) is 0.219. The Morgan fingerprint density at radius 2 is 2.00 bits per heavy atom. The lowest BCUT2D eigenvalue weighted by atomic mass is 9.96. The highest BCUT2D eigenvalue weighted by atomic mass is 79.9. The van der Waals surface area contributed by atoms with Crippen LogP contribution in [0.1, 0.15) is 36.9 Å². The number of aromatic nitrogens is 3. The number of carbonyl (C=O) groups is 1. The standard InChI is InChI=1S/C27H22Br2N4O6S2/c1-5-38-24(36)21-13(3)31-27-33(22(21)14-6-7-18(37-4)16(28)9-14)23(35)19(40-27)11-15-10-17(29)25(39-15)41-26-30-12(2)8-20(34)32-26/h6-11,22H,5H2,1-4H3,(H,30,32,34)/b19-11+/t22-/m1/s1. The molecule has 0 radical (unpaired) electrons. The second-order valence-corrected chi connectivity index (χ2v) is 12.5. The Kier molecular flexibility index (Phi) is 8.55. The van der Waals surface area contributed by atoms with E-state index in [1.54, 1.807) is 52.2 Å². The molecule has 0 saturated heterocycles. The number of nitrogens with zero attached hydrogens (tertiary/aromatic N) is 3. The van der Waals surface area contributed by atoms with Crippen LogP contribution in [0.2, 0.25) is 0 Å². The molecule has 0 aliphatic carbocycles. The van der Waals surface area contributed by atoms with Gasteiger partial charge in [0.25, 0.3) is 11.1 Å². The fourth-order valence-corrected chi connectivity index (χ4v) is 7.23. The van der Waals surface area contributed by atoms with E-state index >= 15 is 0 Å². The second-order valence-electron chi connectivity index (χ2n) is 8.77. The molecular weight excluding hydrogens is 700 g/mol. The van der Waals surface area contributed by atoms with Crippen molar-refractivity contribution in [2.75, 3.05) is 13.7 Å². The number of ether oxygens (including phenoxy) is 2. The molecule has 4 heterocycles. The summed E-state index contributed by atoms with van der Waals surface area (Å²) in [6, 6.07) is 7.74. The third-order valence-electron chi connectivity index (χ3n) is 5.99. The minimum Gasteiger partial charge on any atom is -0.496 e. The first-order valence-corrected chi connectivity index (χ1v) is 15.4. The highest BCUT2D eigenvalue weighted by Gasteiger charge is 2.33. The largest absolute Gasteiger partial charge is 0.496 e. The average molecular weight is 722 g/mol. The minimum absolute atomic E-state index is 0.179. The number of benzene rings is 1. The summed E-state index contributed by atoms with van der Waals surface area (Å²) < 4.78 is 19.9. The number of esters is 1. The Morgan fingerprint density at radius 3 is 2.68 bits per heavy atom. The molecule has 3 aromatic heterocycles. The monoisotopic (exact) mass is 720 g/mol. The Bertz CT molecular complexity index is 1960. The normalized spacial score (nSPS) is 15.1. The summed E-state index contributed by atoms with van der Waals surface area (Å²) in [4.78, 5) is 50.8. The smallest absolute Gasteiger partial charge is 0.338 e. The van der Waals surface area contributed by atoms with Crippen LogP contribution >= 0.6 is 55.0 Å². The maximum absolute atomic E-state index is 13.9. The molecule has 212 valence electrons. The topological polar surface area (TPSA) is 129 Å². The van der Waals surface area contributed by atoms with E-state index in [-0.39, 0.29) is 23.3 Å². The number of methoxy groups -OCH3 is 1. The molecule has 5 rings (SSSR count). The zero-order valence-corrected chi connectivity index (χ0v) is 26.9. The number of nitrogens with one attached hydrogen (secondary N) is 1. The molecular formula is C27H22Br2N4O6S2. The summed E-state index contributed by atoms with van der Waals surface area (Å²) in [6.45, 7) is 5.36. The molecule has 0 saturated carbocycles. The van der Waals surface area contributed by atoms with Crippen LogP contribution in [0.5, 0.6) is 5.75 Å². The number of fused-ring (bicyclic) bond motifs is 1. The van der Waals surface area contributed by atoms with Crippen molar-refractivity contribution in [3.63, 3.8) is 0 Å². The molecule has 1 aliphatic heterocycles. The molecule has 0 amide bonds. The van der Waals surface area contributed by atoms with Gasteiger partial charge in [0.05, 0.1) is 44.5 Å². The zero-order valence-electron chi connectivity index (χ0n) is 22.1. The van der Waals surface area contributed by atoms with E-state index in [0.29, 0.717) is 57.0 Å². The van der Waals surface area contributed by atoms with Crippen LogP contribution in [0, 0.1) is 6.92 Å². The van der Waals surface area contributed by atoms with Crippen LogP contribution in [-0.2, 0) is 9.53 Å². The van der Waals surface area contributed by atoms with Gasteiger partial charge in [0.15, 0.2) is 15.1 Å². The number of aryl methyl sites for hydroxylation is 1. The lowest BCUT2D eigenvalue weighted by Crippen LogP contribution is -2.39. The second kappa shape index (κ2) is 12.0. The van der Waals surface area contributed by atoms with Gasteiger partial charge in [-0.3, -0.25) is 14.2 Å². The molecule has 0 unspecified atom stereocenters. The summed E-state index contributed by atoms with van der Waals surface area (Å²) in [5.74, 6) is 0.477. The van der Waals surface area contributed by atoms with Crippen LogP contribution < -0.4 is 25.2 Å². The Labute approximate surface area is 258 Å². The van der Waals surface area contributed by atoms with E-state index in [1.165, 1.54) is 22.0 Å². The first-order chi connectivity index (χ1) is 19.6. The van der Waals surface area contributed by atoms with Crippen LogP contribution in [0.3, 0.4) is 0 Å². The van der Waals surface area contributed by atoms with Crippen molar-refractivity contribution in [3.8, 4) is 5.75 Å². The molecule has 0 fully saturated rings. The van der Waals surface area contributed by atoms with Gasteiger partial charge in [0.2, 0.25) is 0 Å². The molecule has 0 spiro atoms. The van der Waals surface area contributed by atoms with E-state index in [4.69, 9.17) is 13.9 Å². The predicted molar refractivity (Wildman–Crippen MR) is 161 cm³/mol. The van der Waals surface area contributed by atoms with Crippen molar-refractivity contribution in [1.29, 1.82) is 0 Å². The van der Waals surface area contributed by atoms with Gasteiger partial charge >= 0.3 is 5.97 Å². The maximum Gasteiger partial charge on any atom is 0.338 e. The lowest BCUT2D eigenvalue weighted by molar-refractivity contribution is -0.139. The molecule has 10 nitrogen and oxygen atoms in total. The van der Waals surface area contributed by atoms with E-state index in [1.807, 2.05) is 6.07 Å². The number of H-pyrrole nitrogens is 1. The van der Waals surface area contributed by atoms with E-state index < -0.39 is 12.0 Å². The summed E-state index contributed by atoms with van der Waals surface area (Å²) >= 11 is 9.32. The number of thiazole rings is 1. The maximum atomic E-state index is 13.9. The summed E-state index contributed by atoms with van der Waals surface area (Å²) in [7, 11) is 1.56. The average Bonchev–Trinajstić information content (AvgIpc) is 3.40. The molecule has 1 N–H and O–H groups in total. The first-order valence-electron chi connectivity index (χ1n) is 12.2. The molecule has 41 heavy (non-hydrogen) atoms. The van der Waals surface area contributed by atoms with Gasteiger partial charge in [-0.05, 0) is 88.2 Å². The summed E-state index contributed by atoms with van der Waals surface area (Å²) in [5, 5.41) is 0.836. The van der Waals surface area contributed by atoms with Crippen LogP contribution in [0.4, 0.5) is 0 Å². The number of aromatic amines is 1. The van der Waals surface area contributed by atoms with Crippen LogP contribution in [-0.4, -0.2) is 34.2 Å². The Morgan fingerprint density at radius 1 is 1.22 bits per heavy atom. The van der Waals surface area contributed by atoms with Crippen molar-refractivity contribution in [2.24, 2.45) is 4.99 Å².